The maximum absolute atomic E-state index is 12.8. The summed E-state index contributed by atoms with van der Waals surface area (Å²) in [6.45, 7) is 5.58. The van der Waals surface area contributed by atoms with E-state index in [9.17, 15) is 4.79 Å². The van der Waals surface area contributed by atoms with Gasteiger partial charge in [0.2, 0.25) is 5.89 Å². The minimum Gasteiger partial charge on any atom is -0.497 e. The zero-order chi connectivity index (χ0) is 17.8. The Morgan fingerprint density at radius 1 is 1.40 bits per heavy atom. The predicted octanol–water partition coefficient (Wildman–Crippen LogP) is 3.61. The monoisotopic (exact) mass is 343 g/mol. The number of carbonyl (C=O) groups excluding carboxylic acids is 1. The van der Waals surface area contributed by atoms with Gasteiger partial charge in [0.1, 0.15) is 5.75 Å². The van der Waals surface area contributed by atoms with Crippen molar-refractivity contribution in [2.24, 2.45) is 0 Å². The normalized spacial score (nSPS) is 18.8. The molecule has 6 nitrogen and oxygen atoms in total. The average molecular weight is 343 g/mol. The number of likely N-dealkylation sites (tertiary alicyclic amines) is 1. The van der Waals surface area contributed by atoms with E-state index in [0.717, 1.165) is 37.4 Å². The zero-order valence-corrected chi connectivity index (χ0v) is 15.1. The lowest BCUT2D eigenvalue weighted by Gasteiger charge is -2.31. The first-order chi connectivity index (χ1) is 12.1. The van der Waals surface area contributed by atoms with E-state index in [4.69, 9.17) is 9.26 Å². The third-order valence-electron chi connectivity index (χ3n) is 4.91. The smallest absolute Gasteiger partial charge is 0.253 e. The summed E-state index contributed by atoms with van der Waals surface area (Å²) in [4.78, 5) is 19.2. The standard InChI is InChI=1S/C19H25N3O3/c1-4-13(2)17-20-18(25-21-17)15-6-5-11-22(12-15)19(23)14-7-9-16(24-3)10-8-14/h7-10,13,15H,4-6,11-12H2,1-3H3/t13-,15-/m0/s1. The molecule has 25 heavy (non-hydrogen) atoms. The van der Waals surface area contributed by atoms with Gasteiger partial charge in [0.25, 0.3) is 5.91 Å². The van der Waals surface area contributed by atoms with Crippen LogP contribution in [0.25, 0.3) is 0 Å². The third kappa shape index (κ3) is 3.83. The molecule has 3 rings (SSSR count). The number of methoxy groups -OCH3 is 1. The molecule has 1 amide bonds. The van der Waals surface area contributed by atoms with E-state index in [1.807, 2.05) is 17.0 Å². The molecule has 0 unspecified atom stereocenters. The first-order valence-corrected chi connectivity index (χ1v) is 8.89. The fourth-order valence-corrected chi connectivity index (χ4v) is 3.08. The van der Waals surface area contributed by atoms with Crippen LogP contribution in [0.15, 0.2) is 28.8 Å². The Bertz CT molecular complexity index is 711. The highest BCUT2D eigenvalue weighted by Gasteiger charge is 2.29. The molecule has 1 aromatic heterocycles. The number of piperidine rings is 1. The lowest BCUT2D eigenvalue weighted by atomic mass is 9.97. The lowest BCUT2D eigenvalue weighted by Crippen LogP contribution is -2.39. The van der Waals surface area contributed by atoms with Gasteiger partial charge in [-0.3, -0.25) is 4.79 Å². The van der Waals surface area contributed by atoms with Gasteiger partial charge in [-0.2, -0.15) is 4.98 Å². The molecule has 0 N–H and O–H groups in total. The highest BCUT2D eigenvalue weighted by molar-refractivity contribution is 5.94. The highest BCUT2D eigenvalue weighted by atomic mass is 16.5. The Morgan fingerprint density at radius 3 is 2.84 bits per heavy atom. The van der Waals surface area contributed by atoms with Crippen LogP contribution in [0.1, 0.15) is 67.0 Å². The molecule has 1 aromatic carbocycles. The molecule has 2 aromatic rings. The molecule has 0 bridgehead atoms. The van der Waals surface area contributed by atoms with Gasteiger partial charge in [-0.05, 0) is 43.5 Å². The second kappa shape index (κ2) is 7.68. The van der Waals surface area contributed by atoms with Crippen LogP contribution in [-0.4, -0.2) is 41.1 Å². The number of nitrogens with zero attached hydrogens (tertiary/aromatic N) is 3. The number of amides is 1. The summed E-state index contributed by atoms with van der Waals surface area (Å²) in [5, 5.41) is 4.11. The van der Waals surface area contributed by atoms with Crippen LogP contribution in [0.2, 0.25) is 0 Å². The minimum atomic E-state index is 0.0361. The number of carbonyl (C=O) groups is 1. The van der Waals surface area contributed by atoms with Gasteiger partial charge in [-0.1, -0.05) is 19.0 Å². The number of hydrogen-bond donors (Lipinski definition) is 0. The highest BCUT2D eigenvalue weighted by Crippen LogP contribution is 2.28. The molecule has 0 radical (unpaired) electrons. The van der Waals surface area contributed by atoms with Crippen LogP contribution in [0.3, 0.4) is 0 Å². The predicted molar refractivity (Wildman–Crippen MR) is 93.9 cm³/mol. The summed E-state index contributed by atoms with van der Waals surface area (Å²) in [7, 11) is 1.62. The molecule has 2 atom stereocenters. The molecule has 1 saturated heterocycles. The average Bonchev–Trinajstić information content (AvgIpc) is 3.17. The van der Waals surface area contributed by atoms with Gasteiger partial charge in [0.05, 0.1) is 13.0 Å². The molecule has 0 aliphatic carbocycles. The van der Waals surface area contributed by atoms with Crippen LogP contribution in [-0.2, 0) is 0 Å². The Labute approximate surface area is 148 Å². The fraction of sp³-hybridized carbons (Fsp3) is 0.526. The van der Waals surface area contributed by atoms with Gasteiger partial charge in [0.15, 0.2) is 5.82 Å². The van der Waals surface area contributed by atoms with E-state index in [1.165, 1.54) is 0 Å². The van der Waals surface area contributed by atoms with E-state index in [-0.39, 0.29) is 17.7 Å². The molecule has 0 spiro atoms. The van der Waals surface area contributed by atoms with Crippen molar-refractivity contribution >= 4 is 5.91 Å². The summed E-state index contributed by atoms with van der Waals surface area (Å²) in [6, 6.07) is 7.23. The van der Waals surface area contributed by atoms with Crippen molar-refractivity contribution in [3.63, 3.8) is 0 Å². The molecule has 1 fully saturated rings. The quantitative estimate of drug-likeness (QED) is 0.829. The molecule has 134 valence electrons. The molecular weight excluding hydrogens is 318 g/mol. The van der Waals surface area contributed by atoms with Gasteiger partial charge in [-0.25, -0.2) is 0 Å². The topological polar surface area (TPSA) is 68.5 Å². The molecule has 2 heterocycles. The number of benzene rings is 1. The van der Waals surface area contributed by atoms with Gasteiger partial charge in [0, 0.05) is 24.6 Å². The SMILES string of the molecule is CC[C@H](C)c1noc([C@H]2CCCN(C(=O)c3ccc(OC)cc3)C2)n1. The van der Waals surface area contributed by atoms with E-state index in [1.54, 1.807) is 19.2 Å². The molecule has 1 aliphatic rings. The van der Waals surface area contributed by atoms with E-state index < -0.39 is 0 Å². The van der Waals surface area contributed by atoms with Gasteiger partial charge >= 0.3 is 0 Å². The Morgan fingerprint density at radius 2 is 2.16 bits per heavy atom. The second-order valence-corrected chi connectivity index (χ2v) is 6.62. The largest absolute Gasteiger partial charge is 0.497 e. The van der Waals surface area contributed by atoms with Crippen molar-refractivity contribution in [1.29, 1.82) is 0 Å². The second-order valence-electron chi connectivity index (χ2n) is 6.62. The van der Waals surface area contributed by atoms with Crippen molar-refractivity contribution in [3.05, 3.63) is 41.5 Å². The van der Waals surface area contributed by atoms with Gasteiger partial charge < -0.3 is 14.2 Å². The number of rotatable bonds is 5. The van der Waals surface area contributed by atoms with Crippen LogP contribution in [0.5, 0.6) is 5.75 Å². The van der Waals surface area contributed by atoms with E-state index in [2.05, 4.69) is 24.0 Å². The van der Waals surface area contributed by atoms with Crippen LogP contribution in [0, 0.1) is 0 Å². The molecule has 0 saturated carbocycles. The maximum Gasteiger partial charge on any atom is 0.253 e. The zero-order valence-electron chi connectivity index (χ0n) is 15.1. The minimum absolute atomic E-state index is 0.0361. The summed E-state index contributed by atoms with van der Waals surface area (Å²) < 4.78 is 10.6. The molecular formula is C19H25N3O3. The number of ether oxygens (including phenoxy) is 1. The maximum atomic E-state index is 12.8. The first-order valence-electron chi connectivity index (χ1n) is 8.89. The van der Waals surface area contributed by atoms with E-state index in [0.29, 0.717) is 18.0 Å². The van der Waals surface area contributed by atoms with Gasteiger partial charge in [-0.15, -0.1) is 0 Å². The van der Waals surface area contributed by atoms with E-state index >= 15 is 0 Å². The van der Waals surface area contributed by atoms with Crippen LogP contribution in [0.4, 0.5) is 0 Å². The van der Waals surface area contributed by atoms with Crippen LogP contribution < -0.4 is 4.74 Å². The third-order valence-corrected chi connectivity index (χ3v) is 4.91. The Balaban J connectivity index is 1.69. The molecule has 1 aliphatic heterocycles. The fourth-order valence-electron chi connectivity index (χ4n) is 3.08. The summed E-state index contributed by atoms with van der Waals surface area (Å²) in [5.74, 6) is 2.60. The van der Waals surface area contributed by atoms with Crippen molar-refractivity contribution in [1.82, 2.24) is 15.0 Å². The summed E-state index contributed by atoms with van der Waals surface area (Å²) in [5.41, 5.74) is 0.673. The van der Waals surface area contributed by atoms with Crippen molar-refractivity contribution < 1.29 is 14.1 Å². The number of aromatic nitrogens is 2. The lowest BCUT2D eigenvalue weighted by molar-refractivity contribution is 0.0695. The summed E-state index contributed by atoms with van der Waals surface area (Å²) >= 11 is 0. The van der Waals surface area contributed by atoms with Crippen LogP contribution >= 0.6 is 0 Å². The molecule has 6 heteroatoms. The Hall–Kier alpha value is -2.37. The first kappa shape index (κ1) is 17.5. The van der Waals surface area contributed by atoms with Crippen molar-refractivity contribution in [3.8, 4) is 5.75 Å². The van der Waals surface area contributed by atoms with Crippen molar-refractivity contribution in [2.45, 2.75) is 44.9 Å². The number of hydrogen-bond acceptors (Lipinski definition) is 5. The summed E-state index contributed by atoms with van der Waals surface area (Å²) in [6.07, 6.45) is 2.88. The van der Waals surface area contributed by atoms with Crippen molar-refractivity contribution in [2.75, 3.05) is 20.2 Å². The Kier molecular flexibility index (Phi) is 5.36.